The molecule has 2 amide bonds. The summed E-state index contributed by atoms with van der Waals surface area (Å²) >= 11 is 0. The molecular weight excluding hydrogens is 236 g/mol. The van der Waals surface area contributed by atoms with Gasteiger partial charge in [0.2, 0.25) is 0 Å². The summed E-state index contributed by atoms with van der Waals surface area (Å²) in [6, 6.07) is 1.25. The van der Waals surface area contributed by atoms with Crippen molar-refractivity contribution in [3.05, 3.63) is 11.8 Å². The van der Waals surface area contributed by atoms with Gasteiger partial charge in [-0.15, -0.1) is 0 Å². The standard InChI is InChI=1S/C11H18N4O3/c1-7-5-8(14-15(7)4)12-10(18)13-11(2,3)6-9(16)17/h5H,6H2,1-4H3,(H,16,17)(H2,12,13,14,18). The van der Waals surface area contributed by atoms with Crippen LogP contribution in [0.2, 0.25) is 0 Å². The highest BCUT2D eigenvalue weighted by atomic mass is 16.4. The molecule has 100 valence electrons. The van der Waals surface area contributed by atoms with Crippen molar-refractivity contribution < 1.29 is 14.7 Å². The molecule has 0 atom stereocenters. The van der Waals surface area contributed by atoms with Gasteiger partial charge in [0.05, 0.1) is 6.42 Å². The van der Waals surface area contributed by atoms with Gasteiger partial charge in [0, 0.05) is 24.3 Å². The average Bonchev–Trinajstić information content (AvgIpc) is 2.40. The second-order valence-electron chi connectivity index (χ2n) is 4.83. The van der Waals surface area contributed by atoms with Crippen molar-refractivity contribution in [3.8, 4) is 0 Å². The Morgan fingerprint density at radius 3 is 2.56 bits per heavy atom. The molecular formula is C11H18N4O3. The van der Waals surface area contributed by atoms with Crippen LogP contribution in [0.4, 0.5) is 10.6 Å². The molecule has 0 aromatic carbocycles. The average molecular weight is 254 g/mol. The first-order valence-corrected chi connectivity index (χ1v) is 5.51. The van der Waals surface area contributed by atoms with E-state index in [9.17, 15) is 9.59 Å². The Morgan fingerprint density at radius 2 is 2.11 bits per heavy atom. The summed E-state index contributed by atoms with van der Waals surface area (Å²) in [5.41, 5.74) is 0.0924. The van der Waals surface area contributed by atoms with Gasteiger partial charge >= 0.3 is 12.0 Å². The lowest BCUT2D eigenvalue weighted by Gasteiger charge is -2.23. The number of carbonyl (C=O) groups excluding carboxylic acids is 1. The van der Waals surface area contributed by atoms with E-state index in [0.29, 0.717) is 5.82 Å². The molecule has 18 heavy (non-hydrogen) atoms. The molecule has 3 N–H and O–H groups in total. The van der Waals surface area contributed by atoms with E-state index in [1.54, 1.807) is 31.6 Å². The highest BCUT2D eigenvalue weighted by Gasteiger charge is 2.24. The predicted octanol–water partition coefficient (Wildman–Crippen LogP) is 1.10. The fourth-order valence-corrected chi connectivity index (χ4v) is 1.50. The summed E-state index contributed by atoms with van der Waals surface area (Å²) in [5.74, 6) is -0.535. The number of aliphatic carboxylic acids is 1. The number of carboxylic acids is 1. The van der Waals surface area contributed by atoms with Gasteiger partial charge in [-0.3, -0.25) is 14.8 Å². The zero-order valence-corrected chi connectivity index (χ0v) is 10.9. The normalized spacial score (nSPS) is 11.1. The molecule has 0 saturated carbocycles. The van der Waals surface area contributed by atoms with Gasteiger partial charge in [0.25, 0.3) is 0 Å². The topological polar surface area (TPSA) is 96.2 Å². The molecule has 0 radical (unpaired) electrons. The highest BCUT2D eigenvalue weighted by molar-refractivity contribution is 5.89. The van der Waals surface area contributed by atoms with Gasteiger partial charge in [0.15, 0.2) is 5.82 Å². The Bertz CT molecular complexity index is 445. The number of anilines is 1. The molecule has 0 spiro atoms. The first kappa shape index (κ1) is 14.0. The van der Waals surface area contributed by atoms with E-state index in [-0.39, 0.29) is 6.42 Å². The van der Waals surface area contributed by atoms with Crippen molar-refractivity contribution in [1.29, 1.82) is 0 Å². The Balaban J connectivity index is 2.59. The molecule has 0 unspecified atom stereocenters. The second kappa shape index (κ2) is 5.07. The Morgan fingerprint density at radius 1 is 1.50 bits per heavy atom. The lowest BCUT2D eigenvalue weighted by molar-refractivity contribution is -0.138. The van der Waals surface area contributed by atoms with Crippen LogP contribution in [0.3, 0.4) is 0 Å². The van der Waals surface area contributed by atoms with Gasteiger partial charge in [-0.2, -0.15) is 5.10 Å². The van der Waals surface area contributed by atoms with Crippen molar-refractivity contribution >= 4 is 17.8 Å². The fourth-order valence-electron chi connectivity index (χ4n) is 1.50. The number of amides is 2. The number of rotatable bonds is 4. The number of hydrogen-bond acceptors (Lipinski definition) is 3. The van der Waals surface area contributed by atoms with Gasteiger partial charge < -0.3 is 10.4 Å². The molecule has 0 bridgehead atoms. The molecule has 7 heteroatoms. The van der Waals surface area contributed by atoms with Crippen LogP contribution in [0.5, 0.6) is 0 Å². The number of urea groups is 1. The smallest absolute Gasteiger partial charge is 0.320 e. The quantitative estimate of drug-likeness (QED) is 0.749. The van der Waals surface area contributed by atoms with Gasteiger partial charge in [-0.05, 0) is 20.8 Å². The Labute approximate surface area is 105 Å². The third kappa shape index (κ3) is 4.08. The highest BCUT2D eigenvalue weighted by Crippen LogP contribution is 2.10. The van der Waals surface area contributed by atoms with Crippen LogP contribution in [0.25, 0.3) is 0 Å². The maximum Gasteiger partial charge on any atom is 0.320 e. The van der Waals surface area contributed by atoms with Crippen LogP contribution in [0.15, 0.2) is 6.07 Å². The Kier molecular flexibility index (Phi) is 3.95. The second-order valence-corrected chi connectivity index (χ2v) is 4.83. The molecule has 0 fully saturated rings. The minimum Gasteiger partial charge on any atom is -0.481 e. The summed E-state index contributed by atoms with van der Waals surface area (Å²) in [7, 11) is 1.77. The number of hydrogen-bond donors (Lipinski definition) is 3. The van der Waals surface area contributed by atoms with E-state index in [0.717, 1.165) is 5.69 Å². The number of aryl methyl sites for hydroxylation is 2. The van der Waals surface area contributed by atoms with Crippen LogP contribution in [-0.2, 0) is 11.8 Å². The van der Waals surface area contributed by atoms with Crippen LogP contribution >= 0.6 is 0 Å². The maximum atomic E-state index is 11.7. The number of nitrogens with zero attached hydrogens (tertiary/aromatic N) is 2. The van der Waals surface area contributed by atoms with Crippen molar-refractivity contribution in [3.63, 3.8) is 0 Å². The first-order chi connectivity index (χ1) is 8.19. The molecule has 0 saturated heterocycles. The lowest BCUT2D eigenvalue weighted by atomic mass is 10.0. The number of aromatic nitrogens is 2. The summed E-state index contributed by atoms with van der Waals surface area (Å²) < 4.78 is 1.64. The van der Waals surface area contributed by atoms with Crippen molar-refractivity contribution in [2.45, 2.75) is 32.7 Å². The fraction of sp³-hybridized carbons (Fsp3) is 0.545. The molecule has 7 nitrogen and oxygen atoms in total. The largest absolute Gasteiger partial charge is 0.481 e. The predicted molar refractivity (Wildman–Crippen MR) is 66.4 cm³/mol. The van der Waals surface area contributed by atoms with Crippen LogP contribution in [0.1, 0.15) is 26.0 Å². The monoisotopic (exact) mass is 254 g/mol. The molecule has 0 aliphatic heterocycles. The minimum atomic E-state index is -0.964. The summed E-state index contributed by atoms with van der Waals surface area (Å²) in [6.07, 6.45) is -0.151. The first-order valence-electron chi connectivity index (χ1n) is 5.51. The van der Waals surface area contributed by atoms with E-state index in [4.69, 9.17) is 5.11 Å². The minimum absolute atomic E-state index is 0.151. The number of carbonyl (C=O) groups is 2. The van der Waals surface area contributed by atoms with Crippen LogP contribution in [0, 0.1) is 6.92 Å². The Hall–Kier alpha value is -2.05. The molecule has 1 rings (SSSR count). The number of carboxylic acid groups (broad SMARTS) is 1. The van der Waals surface area contributed by atoms with Crippen LogP contribution in [-0.4, -0.2) is 32.4 Å². The van der Waals surface area contributed by atoms with E-state index in [2.05, 4.69) is 15.7 Å². The van der Waals surface area contributed by atoms with E-state index in [1.165, 1.54) is 0 Å². The third-order valence-corrected chi connectivity index (χ3v) is 2.40. The summed E-state index contributed by atoms with van der Waals surface area (Å²) in [6.45, 7) is 5.15. The summed E-state index contributed by atoms with van der Waals surface area (Å²) in [4.78, 5) is 22.3. The van der Waals surface area contributed by atoms with E-state index in [1.807, 2.05) is 6.92 Å². The van der Waals surface area contributed by atoms with Crippen LogP contribution < -0.4 is 10.6 Å². The zero-order chi connectivity index (χ0) is 13.9. The molecule has 1 aromatic rings. The third-order valence-electron chi connectivity index (χ3n) is 2.40. The summed E-state index contributed by atoms with van der Waals surface area (Å²) in [5, 5.41) is 17.9. The molecule has 0 aliphatic rings. The number of nitrogens with one attached hydrogen (secondary N) is 2. The SMILES string of the molecule is Cc1cc(NC(=O)NC(C)(C)CC(=O)O)nn1C. The van der Waals surface area contributed by atoms with Gasteiger partial charge in [-0.25, -0.2) is 4.79 Å². The van der Waals surface area contributed by atoms with E-state index >= 15 is 0 Å². The van der Waals surface area contributed by atoms with Crippen molar-refractivity contribution in [1.82, 2.24) is 15.1 Å². The van der Waals surface area contributed by atoms with E-state index < -0.39 is 17.5 Å². The van der Waals surface area contributed by atoms with Crippen molar-refractivity contribution in [2.24, 2.45) is 7.05 Å². The molecule has 1 aromatic heterocycles. The zero-order valence-electron chi connectivity index (χ0n) is 10.9. The molecule has 0 aliphatic carbocycles. The molecule has 1 heterocycles. The lowest BCUT2D eigenvalue weighted by Crippen LogP contribution is -2.46. The maximum absolute atomic E-state index is 11.7. The van der Waals surface area contributed by atoms with Crippen molar-refractivity contribution in [2.75, 3.05) is 5.32 Å². The van der Waals surface area contributed by atoms with Gasteiger partial charge in [0.1, 0.15) is 0 Å². The van der Waals surface area contributed by atoms with Gasteiger partial charge in [-0.1, -0.05) is 0 Å².